The van der Waals surface area contributed by atoms with Gasteiger partial charge in [0.2, 0.25) is 11.7 Å². The molecule has 0 heterocycles. The molecule has 0 bridgehead atoms. The summed E-state index contributed by atoms with van der Waals surface area (Å²) >= 11 is 0. The number of nitrogens with one attached hydrogen (secondary N) is 1. The largest absolute Gasteiger partial charge is 0.355 e. The van der Waals surface area contributed by atoms with Crippen molar-refractivity contribution in [1.82, 2.24) is 5.32 Å². The molecule has 0 radical (unpaired) electrons. The van der Waals surface area contributed by atoms with E-state index < -0.39 is 52.8 Å². The Morgan fingerprint density at radius 2 is 1.46 bits per heavy atom. The molecule has 1 amide bonds. The molecule has 0 aliphatic rings. The van der Waals surface area contributed by atoms with Crippen molar-refractivity contribution in [3.05, 3.63) is 70.3 Å². The van der Waals surface area contributed by atoms with Gasteiger partial charge in [0.15, 0.2) is 23.3 Å². The van der Waals surface area contributed by atoms with Crippen molar-refractivity contribution in [2.45, 2.75) is 12.8 Å². The minimum atomic E-state index is -2.28. The van der Waals surface area contributed by atoms with Crippen molar-refractivity contribution in [3.63, 3.8) is 0 Å². The van der Waals surface area contributed by atoms with Crippen LogP contribution in [0.2, 0.25) is 0 Å². The highest BCUT2D eigenvalue weighted by Crippen LogP contribution is 2.23. The summed E-state index contributed by atoms with van der Waals surface area (Å²) in [5.41, 5.74) is -0.624. The molecule has 0 aromatic heterocycles. The molecule has 0 aliphatic carbocycles. The number of carbonyl (C=O) groups excluding carboxylic acids is 1. The number of carbonyl (C=O) groups is 1. The van der Waals surface area contributed by atoms with Gasteiger partial charge >= 0.3 is 0 Å². The first-order valence-electron chi connectivity index (χ1n) is 6.82. The summed E-state index contributed by atoms with van der Waals surface area (Å²) in [6.45, 7) is 0.0116. The van der Waals surface area contributed by atoms with Gasteiger partial charge in [0.05, 0.1) is 6.42 Å². The van der Waals surface area contributed by atoms with Crippen LogP contribution in [-0.4, -0.2) is 12.5 Å². The number of benzene rings is 2. The van der Waals surface area contributed by atoms with Gasteiger partial charge in [-0.15, -0.1) is 0 Å². The lowest BCUT2D eigenvalue weighted by Gasteiger charge is -2.09. The highest BCUT2D eigenvalue weighted by Gasteiger charge is 2.26. The first-order valence-corrected chi connectivity index (χ1v) is 6.82. The van der Waals surface area contributed by atoms with Crippen molar-refractivity contribution in [2.24, 2.45) is 0 Å². The Morgan fingerprint density at radius 1 is 0.875 bits per heavy atom. The number of rotatable bonds is 5. The fourth-order valence-electron chi connectivity index (χ4n) is 2.07. The van der Waals surface area contributed by atoms with Gasteiger partial charge in [-0.3, -0.25) is 4.79 Å². The topological polar surface area (TPSA) is 29.1 Å². The van der Waals surface area contributed by atoms with E-state index in [0.717, 1.165) is 0 Å². The zero-order valence-electron chi connectivity index (χ0n) is 12.1. The third-order valence-electron chi connectivity index (χ3n) is 3.26. The summed E-state index contributed by atoms with van der Waals surface area (Å²) in [4.78, 5) is 11.6. The van der Waals surface area contributed by atoms with E-state index in [9.17, 15) is 31.1 Å². The highest BCUT2D eigenvalue weighted by molar-refractivity contribution is 5.78. The molecular formula is C16H11F6NO. The Morgan fingerprint density at radius 3 is 2.04 bits per heavy atom. The van der Waals surface area contributed by atoms with E-state index in [4.69, 9.17) is 0 Å². The van der Waals surface area contributed by atoms with E-state index in [1.807, 2.05) is 0 Å². The van der Waals surface area contributed by atoms with Crippen LogP contribution in [0, 0.1) is 34.9 Å². The molecular weight excluding hydrogens is 336 g/mol. The zero-order chi connectivity index (χ0) is 17.9. The fourth-order valence-corrected chi connectivity index (χ4v) is 2.07. The van der Waals surface area contributed by atoms with Crippen LogP contribution in [0.5, 0.6) is 0 Å². The van der Waals surface area contributed by atoms with Crippen LogP contribution in [0.3, 0.4) is 0 Å². The summed E-state index contributed by atoms with van der Waals surface area (Å²) in [6.07, 6.45) is -0.768. The molecule has 1 N–H and O–H groups in total. The lowest BCUT2D eigenvalue weighted by molar-refractivity contribution is -0.120. The van der Waals surface area contributed by atoms with Crippen LogP contribution in [0.25, 0.3) is 0 Å². The first-order chi connectivity index (χ1) is 11.3. The molecule has 128 valence electrons. The normalized spacial score (nSPS) is 10.8. The van der Waals surface area contributed by atoms with Crippen LogP contribution in [0.4, 0.5) is 26.3 Å². The Balaban J connectivity index is 2.00. The van der Waals surface area contributed by atoms with E-state index in [1.54, 1.807) is 6.07 Å². The van der Waals surface area contributed by atoms with E-state index in [1.165, 1.54) is 18.2 Å². The molecule has 0 atom stereocenters. The van der Waals surface area contributed by atoms with Crippen LogP contribution < -0.4 is 5.32 Å². The fraction of sp³-hybridized carbons (Fsp3) is 0.188. The third kappa shape index (κ3) is 3.87. The molecule has 0 fully saturated rings. The van der Waals surface area contributed by atoms with E-state index in [-0.39, 0.29) is 13.0 Å². The number of hydrogen-bond acceptors (Lipinski definition) is 1. The molecule has 0 aliphatic heterocycles. The van der Waals surface area contributed by atoms with Crippen LogP contribution in [0.1, 0.15) is 11.1 Å². The Kier molecular flexibility index (Phi) is 5.48. The van der Waals surface area contributed by atoms with Gasteiger partial charge in [-0.05, 0) is 24.1 Å². The van der Waals surface area contributed by atoms with Crippen LogP contribution >= 0.6 is 0 Å². The lowest BCUT2D eigenvalue weighted by atomic mass is 10.1. The molecule has 0 saturated carbocycles. The predicted molar refractivity (Wildman–Crippen MR) is 73.0 cm³/mol. The first kappa shape index (κ1) is 17.8. The van der Waals surface area contributed by atoms with E-state index >= 15 is 0 Å². The van der Waals surface area contributed by atoms with Crippen molar-refractivity contribution >= 4 is 5.91 Å². The molecule has 0 unspecified atom stereocenters. The van der Waals surface area contributed by atoms with Gasteiger partial charge in [0.25, 0.3) is 0 Å². The monoisotopic (exact) mass is 347 g/mol. The van der Waals surface area contributed by atoms with Crippen molar-refractivity contribution in [3.8, 4) is 0 Å². The number of hydrogen-bond donors (Lipinski definition) is 1. The molecule has 24 heavy (non-hydrogen) atoms. The van der Waals surface area contributed by atoms with Gasteiger partial charge in [-0.25, -0.2) is 26.3 Å². The second kappa shape index (κ2) is 7.37. The molecule has 2 aromatic rings. The third-order valence-corrected chi connectivity index (χ3v) is 3.26. The Bertz CT molecular complexity index is 748. The van der Waals surface area contributed by atoms with Crippen molar-refractivity contribution in [2.75, 3.05) is 6.54 Å². The Hall–Kier alpha value is -2.51. The molecule has 0 saturated heterocycles. The highest BCUT2D eigenvalue weighted by atomic mass is 19.2. The average molecular weight is 347 g/mol. The predicted octanol–water partition coefficient (Wildman–Crippen LogP) is 3.42. The molecule has 2 nitrogen and oxygen atoms in total. The summed E-state index contributed by atoms with van der Waals surface area (Å²) in [7, 11) is 0. The van der Waals surface area contributed by atoms with E-state index in [2.05, 4.69) is 5.32 Å². The minimum absolute atomic E-state index is 0.0116. The van der Waals surface area contributed by atoms with Gasteiger partial charge in [0.1, 0.15) is 5.82 Å². The standard InChI is InChI=1S/C16H11F6NO/c17-9-3-1-2-8(6-9)4-5-23-11(24)7-10-12(18)14(20)16(22)15(21)13(10)19/h1-3,6H,4-5,7H2,(H,23,24). The lowest BCUT2D eigenvalue weighted by Crippen LogP contribution is -2.28. The Labute approximate surface area is 133 Å². The van der Waals surface area contributed by atoms with Gasteiger partial charge in [0, 0.05) is 12.1 Å². The summed E-state index contributed by atoms with van der Waals surface area (Å²) in [6, 6.07) is 5.57. The van der Waals surface area contributed by atoms with E-state index in [0.29, 0.717) is 5.56 Å². The molecule has 2 aromatic carbocycles. The van der Waals surface area contributed by atoms with Crippen LogP contribution in [0.15, 0.2) is 24.3 Å². The molecule has 8 heteroatoms. The van der Waals surface area contributed by atoms with Gasteiger partial charge in [-0.2, -0.15) is 0 Å². The van der Waals surface area contributed by atoms with Crippen LogP contribution in [-0.2, 0) is 17.6 Å². The second-order valence-electron chi connectivity index (χ2n) is 4.96. The summed E-state index contributed by atoms with van der Waals surface area (Å²) < 4.78 is 78.8. The minimum Gasteiger partial charge on any atom is -0.355 e. The maximum atomic E-state index is 13.5. The second-order valence-corrected chi connectivity index (χ2v) is 4.96. The number of amides is 1. The quantitative estimate of drug-likeness (QED) is 0.501. The van der Waals surface area contributed by atoms with Crippen molar-refractivity contribution in [1.29, 1.82) is 0 Å². The SMILES string of the molecule is O=C(Cc1c(F)c(F)c(F)c(F)c1F)NCCc1cccc(F)c1. The number of halogens is 6. The zero-order valence-corrected chi connectivity index (χ0v) is 12.1. The summed E-state index contributed by atoms with van der Waals surface area (Å²) in [5, 5.41) is 2.27. The maximum absolute atomic E-state index is 13.5. The van der Waals surface area contributed by atoms with Gasteiger partial charge in [-0.1, -0.05) is 12.1 Å². The molecule has 0 spiro atoms. The van der Waals surface area contributed by atoms with Crippen molar-refractivity contribution < 1.29 is 31.1 Å². The average Bonchev–Trinajstić information content (AvgIpc) is 2.55. The maximum Gasteiger partial charge on any atom is 0.224 e. The molecule has 2 rings (SSSR count). The van der Waals surface area contributed by atoms with Gasteiger partial charge < -0.3 is 5.32 Å². The smallest absolute Gasteiger partial charge is 0.224 e. The summed E-state index contributed by atoms with van der Waals surface area (Å²) in [5.74, 6) is -11.9.